The van der Waals surface area contributed by atoms with E-state index in [1.54, 1.807) is 19.1 Å². The van der Waals surface area contributed by atoms with E-state index in [0.717, 1.165) is 12.8 Å². The SMILES string of the molecule is CNCc1cc(F)c(N2CCCC(COC)C2)c(F)c1. The van der Waals surface area contributed by atoms with Gasteiger partial charge in [-0.05, 0) is 43.5 Å². The third-order valence-electron chi connectivity index (χ3n) is 3.70. The lowest BCUT2D eigenvalue weighted by atomic mass is 9.98. The molecule has 1 aromatic rings. The van der Waals surface area contributed by atoms with Crippen LogP contribution in [0.25, 0.3) is 0 Å². The molecule has 2 rings (SSSR count). The van der Waals surface area contributed by atoms with Crippen molar-refractivity contribution in [1.82, 2.24) is 5.32 Å². The van der Waals surface area contributed by atoms with Crippen LogP contribution in [0.3, 0.4) is 0 Å². The molecular formula is C15H22F2N2O. The van der Waals surface area contributed by atoms with Crippen LogP contribution in [0.15, 0.2) is 12.1 Å². The van der Waals surface area contributed by atoms with E-state index in [2.05, 4.69) is 5.32 Å². The maximum atomic E-state index is 14.2. The molecule has 1 unspecified atom stereocenters. The van der Waals surface area contributed by atoms with Gasteiger partial charge in [-0.3, -0.25) is 0 Å². The highest BCUT2D eigenvalue weighted by Gasteiger charge is 2.24. The Morgan fingerprint density at radius 3 is 2.65 bits per heavy atom. The minimum Gasteiger partial charge on any atom is -0.384 e. The summed E-state index contributed by atoms with van der Waals surface area (Å²) in [5, 5.41) is 2.90. The number of halogens is 2. The first-order valence-corrected chi connectivity index (χ1v) is 7.02. The van der Waals surface area contributed by atoms with Gasteiger partial charge in [0.05, 0.1) is 6.61 Å². The van der Waals surface area contributed by atoms with E-state index < -0.39 is 11.6 Å². The van der Waals surface area contributed by atoms with Gasteiger partial charge in [-0.25, -0.2) is 8.78 Å². The van der Waals surface area contributed by atoms with Crippen molar-refractivity contribution in [1.29, 1.82) is 0 Å². The van der Waals surface area contributed by atoms with E-state index in [1.165, 1.54) is 12.1 Å². The molecule has 1 aliphatic heterocycles. The Balaban J connectivity index is 2.19. The first-order valence-electron chi connectivity index (χ1n) is 7.02. The number of ether oxygens (including phenoxy) is 1. The van der Waals surface area contributed by atoms with Crippen LogP contribution in [0.2, 0.25) is 0 Å². The summed E-state index contributed by atoms with van der Waals surface area (Å²) >= 11 is 0. The fraction of sp³-hybridized carbons (Fsp3) is 0.600. The second-order valence-electron chi connectivity index (χ2n) is 5.35. The molecule has 0 amide bonds. The number of nitrogens with zero attached hydrogens (tertiary/aromatic N) is 1. The summed E-state index contributed by atoms with van der Waals surface area (Å²) in [6, 6.07) is 2.82. The topological polar surface area (TPSA) is 24.5 Å². The maximum Gasteiger partial charge on any atom is 0.149 e. The van der Waals surface area contributed by atoms with Crippen LogP contribution < -0.4 is 10.2 Å². The molecule has 0 radical (unpaired) electrons. The van der Waals surface area contributed by atoms with Crippen LogP contribution >= 0.6 is 0 Å². The highest BCUT2D eigenvalue weighted by atomic mass is 19.1. The van der Waals surface area contributed by atoms with Gasteiger partial charge >= 0.3 is 0 Å². The Bertz CT molecular complexity index is 428. The van der Waals surface area contributed by atoms with Crippen molar-refractivity contribution in [3.05, 3.63) is 29.3 Å². The normalized spacial score (nSPS) is 19.4. The highest BCUT2D eigenvalue weighted by Crippen LogP contribution is 2.29. The summed E-state index contributed by atoms with van der Waals surface area (Å²) in [5.41, 5.74) is 0.724. The van der Waals surface area contributed by atoms with Gasteiger partial charge in [0.1, 0.15) is 17.3 Å². The quantitative estimate of drug-likeness (QED) is 0.899. The van der Waals surface area contributed by atoms with Crippen molar-refractivity contribution in [2.45, 2.75) is 19.4 Å². The molecule has 5 heteroatoms. The van der Waals surface area contributed by atoms with E-state index in [0.29, 0.717) is 37.7 Å². The Morgan fingerprint density at radius 2 is 2.05 bits per heavy atom. The maximum absolute atomic E-state index is 14.2. The molecule has 0 aromatic heterocycles. The largest absolute Gasteiger partial charge is 0.384 e. The summed E-state index contributed by atoms with van der Waals surface area (Å²) in [6.45, 7) is 2.43. The zero-order valence-electron chi connectivity index (χ0n) is 12.1. The number of anilines is 1. The lowest BCUT2D eigenvalue weighted by Gasteiger charge is -2.34. The standard InChI is InChI=1S/C15H22F2N2O/c1-18-8-12-6-13(16)15(14(17)7-12)19-5-3-4-11(9-19)10-20-2/h6-7,11,18H,3-5,8-10H2,1-2H3. The molecule has 1 aliphatic rings. The van der Waals surface area contributed by atoms with Crippen molar-refractivity contribution < 1.29 is 13.5 Å². The summed E-state index contributed by atoms with van der Waals surface area (Å²) in [6.07, 6.45) is 1.98. The van der Waals surface area contributed by atoms with Gasteiger partial charge in [-0.15, -0.1) is 0 Å². The first-order chi connectivity index (χ1) is 9.65. The number of methoxy groups -OCH3 is 1. The molecule has 1 heterocycles. The van der Waals surface area contributed by atoms with Gasteiger partial charge < -0.3 is 15.0 Å². The van der Waals surface area contributed by atoms with Crippen molar-refractivity contribution in [2.75, 3.05) is 38.8 Å². The number of rotatable bonds is 5. The second kappa shape index (κ2) is 6.99. The van der Waals surface area contributed by atoms with E-state index in [9.17, 15) is 8.78 Å². The molecule has 1 saturated heterocycles. The average Bonchev–Trinajstić information content (AvgIpc) is 2.39. The zero-order chi connectivity index (χ0) is 14.5. The number of piperidine rings is 1. The molecule has 0 spiro atoms. The molecular weight excluding hydrogens is 262 g/mol. The van der Waals surface area contributed by atoms with Crippen LogP contribution in [-0.2, 0) is 11.3 Å². The van der Waals surface area contributed by atoms with Gasteiger partial charge in [0, 0.05) is 26.7 Å². The smallest absolute Gasteiger partial charge is 0.149 e. The number of nitrogens with one attached hydrogen (secondary N) is 1. The van der Waals surface area contributed by atoms with Gasteiger partial charge in [0.2, 0.25) is 0 Å². The molecule has 1 N–H and O–H groups in total. The third kappa shape index (κ3) is 3.46. The van der Waals surface area contributed by atoms with Crippen LogP contribution in [0.1, 0.15) is 18.4 Å². The van der Waals surface area contributed by atoms with Crippen LogP contribution in [0, 0.1) is 17.6 Å². The van der Waals surface area contributed by atoms with Gasteiger partial charge in [-0.2, -0.15) is 0 Å². The number of benzene rings is 1. The highest BCUT2D eigenvalue weighted by molar-refractivity contribution is 5.51. The molecule has 0 bridgehead atoms. The molecule has 1 atom stereocenters. The molecule has 112 valence electrons. The lowest BCUT2D eigenvalue weighted by Crippen LogP contribution is -2.38. The summed E-state index contributed by atoms with van der Waals surface area (Å²) < 4.78 is 33.5. The van der Waals surface area contributed by atoms with Gasteiger partial charge in [0.15, 0.2) is 0 Å². The average molecular weight is 284 g/mol. The monoisotopic (exact) mass is 284 g/mol. The molecule has 0 saturated carbocycles. The van der Waals surface area contributed by atoms with Crippen molar-refractivity contribution in [3.8, 4) is 0 Å². The molecule has 0 aliphatic carbocycles. The van der Waals surface area contributed by atoms with Crippen LogP contribution in [0.5, 0.6) is 0 Å². The molecule has 3 nitrogen and oxygen atoms in total. The number of hydrogen-bond acceptors (Lipinski definition) is 3. The molecule has 1 aromatic carbocycles. The molecule has 1 fully saturated rings. The van der Waals surface area contributed by atoms with Crippen molar-refractivity contribution >= 4 is 5.69 Å². The lowest BCUT2D eigenvalue weighted by molar-refractivity contribution is 0.143. The first kappa shape index (κ1) is 15.2. The van der Waals surface area contributed by atoms with E-state index in [-0.39, 0.29) is 5.69 Å². The van der Waals surface area contributed by atoms with Gasteiger partial charge in [-0.1, -0.05) is 0 Å². The Kier molecular flexibility index (Phi) is 5.31. The van der Waals surface area contributed by atoms with E-state index in [1.807, 2.05) is 0 Å². The Labute approximate surface area is 118 Å². The summed E-state index contributed by atoms with van der Waals surface area (Å²) in [7, 11) is 3.41. The van der Waals surface area contributed by atoms with Crippen LogP contribution in [-0.4, -0.2) is 33.9 Å². The van der Waals surface area contributed by atoms with E-state index >= 15 is 0 Å². The van der Waals surface area contributed by atoms with Gasteiger partial charge in [0.25, 0.3) is 0 Å². The van der Waals surface area contributed by atoms with Crippen molar-refractivity contribution in [2.24, 2.45) is 5.92 Å². The Morgan fingerprint density at radius 1 is 1.35 bits per heavy atom. The van der Waals surface area contributed by atoms with Crippen molar-refractivity contribution in [3.63, 3.8) is 0 Å². The minimum atomic E-state index is -0.478. The Hall–Kier alpha value is -1.20. The zero-order valence-corrected chi connectivity index (χ0v) is 12.1. The fourth-order valence-corrected chi connectivity index (χ4v) is 2.87. The predicted molar refractivity (Wildman–Crippen MR) is 75.9 cm³/mol. The fourth-order valence-electron chi connectivity index (χ4n) is 2.87. The predicted octanol–water partition coefficient (Wildman–Crippen LogP) is 2.55. The molecule has 20 heavy (non-hydrogen) atoms. The number of hydrogen-bond donors (Lipinski definition) is 1. The van der Waals surface area contributed by atoms with Crippen LogP contribution in [0.4, 0.5) is 14.5 Å². The third-order valence-corrected chi connectivity index (χ3v) is 3.70. The second-order valence-corrected chi connectivity index (χ2v) is 5.35. The minimum absolute atomic E-state index is 0.102. The summed E-state index contributed by atoms with van der Waals surface area (Å²) in [5.74, 6) is -0.619. The van der Waals surface area contributed by atoms with E-state index in [4.69, 9.17) is 4.74 Å². The summed E-state index contributed by atoms with van der Waals surface area (Å²) in [4.78, 5) is 1.81.